The lowest BCUT2D eigenvalue weighted by molar-refractivity contribution is 0.105. The first-order valence-electron chi connectivity index (χ1n) is 9.11. The van der Waals surface area contributed by atoms with Crippen LogP contribution in [0.5, 0.6) is 0 Å². The van der Waals surface area contributed by atoms with Crippen LogP contribution in [0.1, 0.15) is 46.6 Å². The Labute approximate surface area is 150 Å². The van der Waals surface area contributed by atoms with Gasteiger partial charge in [-0.25, -0.2) is 0 Å². The maximum absolute atomic E-state index is 11.3. The van der Waals surface area contributed by atoms with Crippen molar-refractivity contribution in [3.63, 3.8) is 0 Å². The molecule has 2 N–H and O–H groups in total. The molecule has 4 heteroatoms. The van der Waals surface area contributed by atoms with Gasteiger partial charge in [0.05, 0.1) is 11.4 Å². The van der Waals surface area contributed by atoms with Gasteiger partial charge in [0.25, 0.3) is 0 Å². The van der Waals surface area contributed by atoms with Crippen molar-refractivity contribution in [3.05, 3.63) is 71.0 Å². The molecule has 0 bridgehead atoms. The summed E-state index contributed by atoms with van der Waals surface area (Å²) in [6.07, 6.45) is -1.21. The Balaban J connectivity index is 1.70. The lowest BCUT2D eigenvalue weighted by Crippen LogP contribution is -2.11. The molecule has 2 aliphatic rings. The van der Waals surface area contributed by atoms with Crippen LogP contribution < -0.4 is 0 Å². The molecule has 2 aliphatic carbocycles. The Bertz CT molecular complexity index is 1120. The zero-order valence-corrected chi connectivity index (χ0v) is 14.7. The second-order valence-corrected chi connectivity index (χ2v) is 7.69. The summed E-state index contributed by atoms with van der Waals surface area (Å²) in [7, 11) is 4.03. The van der Waals surface area contributed by atoms with Crippen LogP contribution in [0.3, 0.4) is 0 Å². The van der Waals surface area contributed by atoms with Gasteiger partial charge in [0.2, 0.25) is 0 Å². The average Bonchev–Trinajstić information content (AvgIpc) is 3.31. The van der Waals surface area contributed by atoms with E-state index < -0.39 is 12.2 Å². The number of fused-ring (bicyclic) bond motifs is 9. The number of aryl methyl sites for hydroxylation is 2. The van der Waals surface area contributed by atoms with Gasteiger partial charge in [-0.05, 0) is 23.3 Å². The van der Waals surface area contributed by atoms with Crippen LogP contribution in [0.15, 0.2) is 48.5 Å². The molecular formula is C22H20N2O2. The molecule has 0 amide bonds. The molecule has 0 radical (unpaired) electrons. The summed E-state index contributed by atoms with van der Waals surface area (Å²) in [5, 5.41) is 24.9. The fourth-order valence-corrected chi connectivity index (χ4v) is 5.71. The molecule has 4 atom stereocenters. The molecule has 4 nitrogen and oxygen atoms in total. The monoisotopic (exact) mass is 344 g/mol. The third kappa shape index (κ3) is 1.42. The molecule has 4 aromatic rings. The van der Waals surface area contributed by atoms with Gasteiger partial charge in [0.1, 0.15) is 12.2 Å². The van der Waals surface area contributed by atoms with Crippen LogP contribution in [-0.2, 0) is 14.1 Å². The molecule has 6 rings (SSSR count). The van der Waals surface area contributed by atoms with Crippen molar-refractivity contribution in [3.8, 4) is 0 Å². The van der Waals surface area contributed by atoms with E-state index in [1.54, 1.807) is 0 Å². The highest BCUT2D eigenvalue weighted by molar-refractivity contribution is 5.91. The van der Waals surface area contributed by atoms with E-state index in [4.69, 9.17) is 0 Å². The Kier molecular flexibility index (Phi) is 2.57. The van der Waals surface area contributed by atoms with Gasteiger partial charge in [-0.2, -0.15) is 0 Å². The average molecular weight is 344 g/mol. The highest BCUT2D eigenvalue weighted by atomic mass is 16.3. The van der Waals surface area contributed by atoms with E-state index in [9.17, 15) is 10.2 Å². The van der Waals surface area contributed by atoms with Crippen molar-refractivity contribution in [1.82, 2.24) is 9.13 Å². The molecule has 0 unspecified atom stereocenters. The van der Waals surface area contributed by atoms with Crippen molar-refractivity contribution in [2.45, 2.75) is 24.0 Å². The zero-order chi connectivity index (χ0) is 17.7. The first-order chi connectivity index (χ1) is 12.6. The quantitative estimate of drug-likeness (QED) is 0.512. The predicted octanol–water partition coefficient (Wildman–Crippen LogP) is 3.63. The number of hydrogen-bond donors (Lipinski definition) is 2. The molecule has 0 fully saturated rings. The second-order valence-electron chi connectivity index (χ2n) is 7.69. The van der Waals surface area contributed by atoms with Crippen LogP contribution in [0.4, 0.5) is 0 Å². The van der Waals surface area contributed by atoms with Crippen LogP contribution in [0.2, 0.25) is 0 Å². The maximum Gasteiger partial charge on any atom is 0.102 e. The van der Waals surface area contributed by atoms with E-state index in [0.29, 0.717) is 0 Å². The zero-order valence-electron chi connectivity index (χ0n) is 14.7. The SMILES string of the molecule is Cn1c2c(c3ccccc31)[C@@H]1[C@@H](c3c(n(C)c4ccccc34)[C@@H]1O)[C@H]2O. The Morgan fingerprint density at radius 3 is 1.46 bits per heavy atom. The van der Waals surface area contributed by atoms with Gasteiger partial charge >= 0.3 is 0 Å². The first kappa shape index (κ1) is 14.6. The van der Waals surface area contributed by atoms with Gasteiger partial charge in [0, 0.05) is 47.7 Å². The highest BCUT2D eigenvalue weighted by Gasteiger charge is 2.54. The molecule has 26 heavy (non-hydrogen) atoms. The van der Waals surface area contributed by atoms with Gasteiger partial charge < -0.3 is 19.3 Å². The number of hydrogen-bond acceptors (Lipinski definition) is 2. The fourth-order valence-electron chi connectivity index (χ4n) is 5.71. The van der Waals surface area contributed by atoms with E-state index in [1.165, 1.54) is 0 Å². The van der Waals surface area contributed by atoms with E-state index in [2.05, 4.69) is 33.4 Å². The minimum absolute atomic E-state index is 0.0908. The third-order valence-electron chi connectivity index (χ3n) is 6.68. The van der Waals surface area contributed by atoms with Crippen molar-refractivity contribution >= 4 is 21.8 Å². The molecule has 2 aromatic carbocycles. The number of rotatable bonds is 0. The Morgan fingerprint density at radius 1 is 0.654 bits per heavy atom. The van der Waals surface area contributed by atoms with Gasteiger partial charge in [-0.3, -0.25) is 0 Å². The van der Waals surface area contributed by atoms with Gasteiger partial charge in [0.15, 0.2) is 0 Å². The summed E-state index contributed by atoms with van der Waals surface area (Å²) in [5.74, 6) is -0.182. The standard InChI is InChI=1S/C22H20N2O2/c1-23-13-9-5-3-7-11(13)15-17-18(21(25)19(15)23)16-12-8-4-6-10-14(12)24(2)20(16)22(17)26/h3-10,17-18,21-22,25-26H,1-2H3/t17-,18-,21-,22-/m1/s1. The minimum Gasteiger partial charge on any atom is -0.386 e. The second kappa shape index (κ2) is 4.58. The third-order valence-corrected chi connectivity index (χ3v) is 6.68. The summed E-state index contributed by atoms with van der Waals surface area (Å²) in [6, 6.07) is 16.5. The van der Waals surface area contributed by atoms with Crippen LogP contribution >= 0.6 is 0 Å². The highest BCUT2D eigenvalue weighted by Crippen LogP contribution is 2.64. The van der Waals surface area contributed by atoms with Crippen molar-refractivity contribution in [2.75, 3.05) is 0 Å². The molecule has 0 saturated heterocycles. The summed E-state index contributed by atoms with van der Waals surface area (Å²) in [6.45, 7) is 0. The first-order valence-corrected chi connectivity index (χ1v) is 9.11. The lowest BCUT2D eigenvalue weighted by Gasteiger charge is -2.19. The number of aliphatic hydroxyl groups is 2. The van der Waals surface area contributed by atoms with E-state index in [1.807, 2.05) is 38.4 Å². The normalized spacial score (nSPS) is 26.5. The topological polar surface area (TPSA) is 50.3 Å². The molecule has 2 aromatic heterocycles. The summed E-state index contributed by atoms with van der Waals surface area (Å²) < 4.78 is 4.20. The number of nitrogens with zero attached hydrogens (tertiary/aromatic N) is 2. The summed E-state index contributed by atoms with van der Waals surface area (Å²) in [4.78, 5) is 0. The van der Waals surface area contributed by atoms with Crippen LogP contribution in [0.25, 0.3) is 21.8 Å². The number of benzene rings is 2. The molecule has 0 saturated carbocycles. The summed E-state index contributed by atoms with van der Waals surface area (Å²) >= 11 is 0. The molecule has 0 aliphatic heterocycles. The van der Waals surface area contributed by atoms with Crippen molar-refractivity contribution < 1.29 is 10.2 Å². The summed E-state index contributed by atoms with van der Waals surface area (Å²) in [5.41, 5.74) is 6.38. The fraction of sp³-hybridized carbons (Fsp3) is 0.273. The molecule has 0 spiro atoms. The number of aromatic nitrogens is 2. The number of para-hydroxylation sites is 2. The maximum atomic E-state index is 11.3. The van der Waals surface area contributed by atoms with Gasteiger partial charge in [-0.1, -0.05) is 36.4 Å². The van der Waals surface area contributed by atoms with Crippen molar-refractivity contribution in [2.24, 2.45) is 14.1 Å². The molecule has 2 heterocycles. The van der Waals surface area contributed by atoms with E-state index in [-0.39, 0.29) is 11.8 Å². The largest absolute Gasteiger partial charge is 0.386 e. The minimum atomic E-state index is -0.603. The van der Waals surface area contributed by atoms with Crippen LogP contribution in [-0.4, -0.2) is 19.3 Å². The Morgan fingerprint density at radius 2 is 1.04 bits per heavy atom. The van der Waals surface area contributed by atoms with E-state index in [0.717, 1.165) is 44.3 Å². The smallest absolute Gasteiger partial charge is 0.102 e. The van der Waals surface area contributed by atoms with Crippen molar-refractivity contribution in [1.29, 1.82) is 0 Å². The predicted molar refractivity (Wildman–Crippen MR) is 101 cm³/mol. The van der Waals surface area contributed by atoms with E-state index >= 15 is 0 Å². The number of aliphatic hydroxyl groups excluding tert-OH is 2. The molecule has 130 valence electrons. The lowest BCUT2D eigenvalue weighted by atomic mass is 9.88. The molecular weight excluding hydrogens is 324 g/mol. The Hall–Kier alpha value is -2.56. The van der Waals surface area contributed by atoms with Crippen LogP contribution in [0, 0.1) is 0 Å². The van der Waals surface area contributed by atoms with Gasteiger partial charge in [-0.15, -0.1) is 0 Å².